The summed E-state index contributed by atoms with van der Waals surface area (Å²) in [5, 5.41) is 4.38. The number of carbonyl (C=O) groups is 1. The van der Waals surface area contributed by atoms with Gasteiger partial charge in [0.2, 0.25) is 5.91 Å². The van der Waals surface area contributed by atoms with Crippen LogP contribution in [-0.4, -0.2) is 30.0 Å². The molecule has 1 N–H and O–H groups in total. The minimum absolute atomic E-state index is 0.107. The smallest absolute Gasteiger partial charge is 0.262 e. The highest BCUT2D eigenvalue weighted by molar-refractivity contribution is 7.99. The summed E-state index contributed by atoms with van der Waals surface area (Å²) in [6, 6.07) is 10.5. The molecule has 10 heteroatoms. The number of amides is 1. The van der Waals surface area contributed by atoms with Gasteiger partial charge in [-0.3, -0.25) is 14.2 Å². The topological polar surface area (TPSA) is 89.8 Å². The highest BCUT2D eigenvalue weighted by Crippen LogP contribution is 2.23. The van der Waals surface area contributed by atoms with Crippen LogP contribution in [0.15, 0.2) is 46.3 Å². The van der Waals surface area contributed by atoms with Crippen molar-refractivity contribution in [1.82, 2.24) is 18.3 Å². The summed E-state index contributed by atoms with van der Waals surface area (Å²) in [7, 11) is 0. The first-order valence-electron chi connectivity index (χ1n) is 8.91. The average Bonchev–Trinajstić information content (AvgIpc) is 3.18. The Bertz CT molecular complexity index is 1270. The number of hydrogen-bond donors (Lipinski definition) is 1. The van der Waals surface area contributed by atoms with E-state index in [4.69, 9.17) is 11.6 Å². The largest absolute Gasteiger partial charge is 0.323 e. The zero-order chi connectivity index (χ0) is 20.4. The first-order valence-corrected chi connectivity index (χ1v) is 11.0. The predicted molar refractivity (Wildman–Crippen MR) is 118 cm³/mol. The van der Waals surface area contributed by atoms with Crippen molar-refractivity contribution in [2.24, 2.45) is 0 Å². The SMILES string of the molecule is CCCn1c(SCC(=O)Nc2cccc3nsnc23)nc2cc(Cl)ccc2c1=O. The molecule has 0 radical (unpaired) electrons. The van der Waals surface area contributed by atoms with Crippen LogP contribution >= 0.6 is 35.1 Å². The van der Waals surface area contributed by atoms with Crippen LogP contribution in [0.1, 0.15) is 13.3 Å². The van der Waals surface area contributed by atoms with Gasteiger partial charge in [0.25, 0.3) is 5.56 Å². The molecule has 0 saturated carbocycles. The van der Waals surface area contributed by atoms with E-state index in [1.807, 2.05) is 19.1 Å². The molecule has 7 nitrogen and oxygen atoms in total. The fourth-order valence-corrected chi connectivity index (χ4v) is 4.47. The van der Waals surface area contributed by atoms with E-state index < -0.39 is 0 Å². The molecule has 0 saturated heterocycles. The maximum atomic E-state index is 12.9. The van der Waals surface area contributed by atoms with Crippen LogP contribution < -0.4 is 10.9 Å². The maximum absolute atomic E-state index is 12.9. The van der Waals surface area contributed by atoms with Crippen molar-refractivity contribution in [3.63, 3.8) is 0 Å². The van der Waals surface area contributed by atoms with Gasteiger partial charge in [0, 0.05) is 11.6 Å². The van der Waals surface area contributed by atoms with E-state index in [0.29, 0.717) is 38.8 Å². The molecule has 2 aromatic carbocycles. The molecule has 0 bridgehead atoms. The van der Waals surface area contributed by atoms with Crippen molar-refractivity contribution >= 4 is 68.6 Å². The summed E-state index contributed by atoms with van der Waals surface area (Å²) >= 11 is 8.37. The second kappa shape index (κ2) is 8.48. The molecule has 2 aromatic heterocycles. The lowest BCUT2D eigenvalue weighted by Crippen LogP contribution is -2.24. The van der Waals surface area contributed by atoms with E-state index in [9.17, 15) is 9.59 Å². The monoisotopic (exact) mass is 445 g/mol. The van der Waals surface area contributed by atoms with Crippen molar-refractivity contribution in [2.45, 2.75) is 25.0 Å². The number of carbonyl (C=O) groups excluding carboxylic acids is 1. The number of hydrogen-bond acceptors (Lipinski definition) is 7. The quantitative estimate of drug-likeness (QED) is 0.353. The number of aromatic nitrogens is 4. The Balaban J connectivity index is 1.58. The minimum atomic E-state index is -0.209. The standard InChI is InChI=1S/C19H16ClN5O2S2/c1-2-8-25-18(27)12-7-6-11(20)9-15(12)22-19(25)28-10-16(26)21-13-4-3-5-14-17(13)24-29-23-14/h3-7,9H,2,8,10H2,1H3,(H,21,26). The van der Waals surface area contributed by atoms with Gasteiger partial charge in [-0.1, -0.05) is 36.4 Å². The van der Waals surface area contributed by atoms with Crippen molar-refractivity contribution < 1.29 is 4.79 Å². The third kappa shape index (κ3) is 4.12. The lowest BCUT2D eigenvalue weighted by atomic mass is 10.2. The number of rotatable bonds is 6. The number of halogens is 1. The normalized spacial score (nSPS) is 11.2. The molecule has 0 unspecified atom stereocenters. The van der Waals surface area contributed by atoms with Crippen molar-refractivity contribution in [1.29, 1.82) is 0 Å². The number of thioether (sulfide) groups is 1. The van der Waals surface area contributed by atoms with Crippen LogP contribution in [0.2, 0.25) is 5.02 Å². The average molecular weight is 446 g/mol. The zero-order valence-corrected chi connectivity index (χ0v) is 17.8. The highest BCUT2D eigenvalue weighted by atomic mass is 35.5. The highest BCUT2D eigenvalue weighted by Gasteiger charge is 2.14. The Morgan fingerprint density at radius 2 is 2.10 bits per heavy atom. The molecule has 0 aliphatic carbocycles. The molecule has 0 fully saturated rings. The number of benzene rings is 2. The van der Waals surface area contributed by atoms with Gasteiger partial charge in [-0.05, 0) is 36.8 Å². The van der Waals surface area contributed by atoms with Gasteiger partial charge in [0.15, 0.2) is 5.16 Å². The molecule has 1 amide bonds. The number of nitrogens with one attached hydrogen (secondary N) is 1. The van der Waals surface area contributed by atoms with Crippen LogP contribution in [0.3, 0.4) is 0 Å². The van der Waals surface area contributed by atoms with Crippen molar-refractivity contribution in [2.75, 3.05) is 11.1 Å². The number of anilines is 1. The first kappa shape index (κ1) is 19.8. The molecule has 0 atom stereocenters. The van der Waals surface area contributed by atoms with Gasteiger partial charge >= 0.3 is 0 Å². The van der Waals surface area contributed by atoms with Crippen molar-refractivity contribution in [3.8, 4) is 0 Å². The molecule has 0 aliphatic rings. The molecular weight excluding hydrogens is 430 g/mol. The maximum Gasteiger partial charge on any atom is 0.262 e. The van der Waals surface area contributed by atoms with Crippen molar-refractivity contribution in [3.05, 3.63) is 51.8 Å². The third-order valence-corrected chi connectivity index (χ3v) is 5.98. The van der Waals surface area contributed by atoms with Crippen LogP contribution in [0, 0.1) is 0 Å². The summed E-state index contributed by atoms with van der Waals surface area (Å²) in [4.78, 5) is 29.9. The van der Waals surface area contributed by atoms with Gasteiger partial charge in [-0.15, -0.1) is 0 Å². The molecule has 0 aliphatic heterocycles. The van der Waals surface area contributed by atoms with Crippen LogP contribution in [0.5, 0.6) is 0 Å². The van der Waals surface area contributed by atoms with E-state index in [1.54, 1.807) is 28.8 Å². The Morgan fingerprint density at radius 3 is 2.93 bits per heavy atom. The summed E-state index contributed by atoms with van der Waals surface area (Å²) in [5.74, 6) is -0.102. The molecule has 29 heavy (non-hydrogen) atoms. The fourth-order valence-electron chi connectivity index (χ4n) is 2.93. The van der Waals surface area contributed by atoms with Gasteiger partial charge in [-0.25, -0.2) is 4.98 Å². The third-order valence-electron chi connectivity index (χ3n) is 4.22. The van der Waals surface area contributed by atoms with Gasteiger partial charge in [-0.2, -0.15) is 8.75 Å². The molecular formula is C19H16ClN5O2S2. The Morgan fingerprint density at radius 1 is 1.24 bits per heavy atom. The van der Waals surface area contributed by atoms with E-state index in [-0.39, 0.29) is 17.2 Å². The Labute approximate surface area is 179 Å². The summed E-state index contributed by atoms with van der Waals surface area (Å²) < 4.78 is 10.0. The molecule has 4 rings (SSSR count). The molecule has 148 valence electrons. The second-order valence-electron chi connectivity index (χ2n) is 6.29. The predicted octanol–water partition coefficient (Wildman–Crippen LogP) is 4.20. The van der Waals surface area contributed by atoms with Crippen LogP contribution in [-0.2, 0) is 11.3 Å². The summed E-state index contributed by atoms with van der Waals surface area (Å²) in [6.07, 6.45) is 0.777. The van der Waals surface area contributed by atoms with Gasteiger partial charge in [0.05, 0.1) is 34.1 Å². The first-order chi connectivity index (χ1) is 14.1. The Kier molecular flexibility index (Phi) is 5.79. The summed E-state index contributed by atoms with van der Waals surface area (Å²) in [5.41, 5.74) is 2.42. The zero-order valence-electron chi connectivity index (χ0n) is 15.4. The number of nitrogens with zero attached hydrogens (tertiary/aromatic N) is 4. The fraction of sp³-hybridized carbons (Fsp3) is 0.211. The number of fused-ring (bicyclic) bond motifs is 2. The molecule has 2 heterocycles. The summed E-state index contributed by atoms with van der Waals surface area (Å²) in [6.45, 7) is 2.51. The second-order valence-corrected chi connectivity index (χ2v) is 8.19. The van der Waals surface area contributed by atoms with E-state index in [2.05, 4.69) is 19.0 Å². The lowest BCUT2D eigenvalue weighted by Gasteiger charge is -2.12. The molecule has 4 aromatic rings. The van der Waals surface area contributed by atoms with Gasteiger partial charge < -0.3 is 5.32 Å². The van der Waals surface area contributed by atoms with Crippen LogP contribution in [0.25, 0.3) is 21.9 Å². The minimum Gasteiger partial charge on any atom is -0.323 e. The van der Waals surface area contributed by atoms with E-state index >= 15 is 0 Å². The Hall–Kier alpha value is -2.49. The lowest BCUT2D eigenvalue weighted by molar-refractivity contribution is -0.113. The van der Waals surface area contributed by atoms with E-state index in [0.717, 1.165) is 23.7 Å². The molecule has 0 spiro atoms. The van der Waals surface area contributed by atoms with E-state index in [1.165, 1.54) is 11.8 Å². The van der Waals surface area contributed by atoms with Crippen LogP contribution in [0.4, 0.5) is 5.69 Å². The van der Waals surface area contributed by atoms with Gasteiger partial charge in [0.1, 0.15) is 11.0 Å².